The van der Waals surface area contributed by atoms with E-state index in [1.807, 2.05) is 11.8 Å². The molecule has 2 atom stereocenters. The summed E-state index contributed by atoms with van der Waals surface area (Å²) in [7, 11) is 0. The van der Waals surface area contributed by atoms with Crippen LogP contribution in [0.1, 0.15) is 60.6 Å². The Labute approximate surface area is 132 Å². The molecule has 0 radical (unpaired) electrons. The highest BCUT2D eigenvalue weighted by atomic mass is 32.2. The van der Waals surface area contributed by atoms with Crippen molar-refractivity contribution < 1.29 is 0 Å². The van der Waals surface area contributed by atoms with Crippen molar-refractivity contribution in [1.29, 1.82) is 0 Å². The maximum Gasteiger partial charge on any atom is 0.141 e. The first kappa shape index (κ1) is 15.3. The number of hydrogen-bond acceptors (Lipinski definition) is 4. The zero-order chi connectivity index (χ0) is 14.8. The Morgan fingerprint density at radius 2 is 1.90 bits per heavy atom. The summed E-state index contributed by atoms with van der Waals surface area (Å²) in [6.45, 7) is 7.76. The van der Waals surface area contributed by atoms with Crippen molar-refractivity contribution in [3.05, 3.63) is 22.8 Å². The smallest absolute Gasteiger partial charge is 0.141 e. The highest BCUT2D eigenvalue weighted by molar-refractivity contribution is 7.99. The molecule has 2 heterocycles. The Kier molecular flexibility index (Phi) is 4.85. The van der Waals surface area contributed by atoms with Gasteiger partial charge in [0.05, 0.1) is 5.25 Å². The minimum atomic E-state index is 0.533. The summed E-state index contributed by atoms with van der Waals surface area (Å²) in [4.78, 5) is 9.65. The molecule has 1 N–H and O–H groups in total. The van der Waals surface area contributed by atoms with Gasteiger partial charge in [0.15, 0.2) is 0 Å². The number of aryl methyl sites for hydroxylation is 2. The molecule has 0 spiro atoms. The van der Waals surface area contributed by atoms with Crippen molar-refractivity contribution in [3.8, 4) is 0 Å². The molecule has 1 aromatic rings. The van der Waals surface area contributed by atoms with E-state index in [2.05, 4.69) is 26.1 Å². The lowest BCUT2D eigenvalue weighted by molar-refractivity contribution is 0.505. The van der Waals surface area contributed by atoms with Gasteiger partial charge in [-0.1, -0.05) is 6.92 Å². The maximum atomic E-state index is 4.82. The Hall–Kier alpha value is -0.610. The Morgan fingerprint density at radius 3 is 2.48 bits per heavy atom. The number of nitrogens with one attached hydrogen (secondary N) is 1. The van der Waals surface area contributed by atoms with Gasteiger partial charge in [-0.25, -0.2) is 9.97 Å². The van der Waals surface area contributed by atoms with Gasteiger partial charge >= 0.3 is 0 Å². The summed E-state index contributed by atoms with van der Waals surface area (Å²) in [5.74, 6) is 2.98. The summed E-state index contributed by atoms with van der Waals surface area (Å²) >= 11 is 2.02. The predicted molar refractivity (Wildman–Crippen MR) is 89.8 cm³/mol. The predicted octanol–water partition coefficient (Wildman–Crippen LogP) is 3.59. The topological polar surface area (TPSA) is 37.8 Å². The minimum absolute atomic E-state index is 0.533. The highest BCUT2D eigenvalue weighted by Crippen LogP contribution is 2.38. The highest BCUT2D eigenvalue weighted by Gasteiger charge is 2.23. The first-order valence-electron chi connectivity index (χ1n) is 8.32. The van der Waals surface area contributed by atoms with Gasteiger partial charge in [0, 0.05) is 17.4 Å². The van der Waals surface area contributed by atoms with E-state index >= 15 is 0 Å². The lowest BCUT2D eigenvalue weighted by Crippen LogP contribution is -2.25. The van der Waals surface area contributed by atoms with E-state index < -0.39 is 0 Å². The van der Waals surface area contributed by atoms with Gasteiger partial charge < -0.3 is 5.32 Å². The number of rotatable bonds is 6. The lowest BCUT2D eigenvalue weighted by Gasteiger charge is -2.17. The van der Waals surface area contributed by atoms with Gasteiger partial charge in [0.25, 0.3) is 0 Å². The summed E-state index contributed by atoms with van der Waals surface area (Å²) < 4.78 is 0. The molecule has 2 aliphatic rings. The molecule has 0 amide bonds. The van der Waals surface area contributed by atoms with Crippen LogP contribution in [-0.2, 0) is 6.42 Å². The van der Waals surface area contributed by atoms with Gasteiger partial charge in [-0.2, -0.15) is 11.8 Å². The van der Waals surface area contributed by atoms with Crippen LogP contribution in [0.2, 0.25) is 0 Å². The largest absolute Gasteiger partial charge is 0.314 e. The van der Waals surface area contributed by atoms with Crippen molar-refractivity contribution in [3.63, 3.8) is 0 Å². The van der Waals surface area contributed by atoms with Crippen LogP contribution in [0.25, 0.3) is 0 Å². The third kappa shape index (κ3) is 3.98. The Bertz CT molecular complexity index is 470. The van der Waals surface area contributed by atoms with Crippen LogP contribution in [0.15, 0.2) is 0 Å². The van der Waals surface area contributed by atoms with Crippen molar-refractivity contribution >= 4 is 11.8 Å². The molecule has 0 aromatic carbocycles. The van der Waals surface area contributed by atoms with Gasteiger partial charge in [0.2, 0.25) is 0 Å². The molecule has 2 unspecified atom stereocenters. The number of hydrogen-bond donors (Lipinski definition) is 1. The van der Waals surface area contributed by atoms with Crippen LogP contribution in [-0.4, -0.2) is 28.3 Å². The monoisotopic (exact) mass is 305 g/mol. The molecule has 1 saturated heterocycles. The molecule has 0 bridgehead atoms. The fraction of sp³-hybridized carbons (Fsp3) is 0.765. The molecule has 3 rings (SSSR count). The van der Waals surface area contributed by atoms with Crippen LogP contribution in [0.3, 0.4) is 0 Å². The SMILES string of the molecule is Cc1nc(C2CCCS2)nc(C)c1CC(C)CNC1CC1. The second kappa shape index (κ2) is 6.66. The first-order chi connectivity index (χ1) is 10.1. The molecule has 1 aromatic heterocycles. The first-order valence-corrected chi connectivity index (χ1v) is 9.37. The van der Waals surface area contributed by atoms with Crippen LogP contribution >= 0.6 is 11.8 Å². The van der Waals surface area contributed by atoms with E-state index in [-0.39, 0.29) is 0 Å². The zero-order valence-electron chi connectivity index (χ0n) is 13.5. The van der Waals surface area contributed by atoms with Gasteiger partial charge in [-0.15, -0.1) is 0 Å². The standard InChI is InChI=1S/C17H27N3S/c1-11(10-18-14-6-7-14)9-15-12(2)19-17(20-13(15)3)16-5-4-8-21-16/h11,14,16,18H,4-10H2,1-3H3. The average molecular weight is 305 g/mol. The molecule has 4 heteroatoms. The van der Waals surface area contributed by atoms with Gasteiger partial charge in [-0.3, -0.25) is 0 Å². The third-order valence-electron chi connectivity index (χ3n) is 4.54. The summed E-state index contributed by atoms with van der Waals surface area (Å²) in [5, 5.41) is 4.16. The molecular formula is C17H27N3S. The minimum Gasteiger partial charge on any atom is -0.314 e. The van der Waals surface area contributed by atoms with E-state index in [0.29, 0.717) is 11.2 Å². The van der Waals surface area contributed by atoms with Crippen LogP contribution in [0.5, 0.6) is 0 Å². The van der Waals surface area contributed by atoms with Crippen LogP contribution in [0, 0.1) is 19.8 Å². The fourth-order valence-corrected chi connectivity index (χ4v) is 4.27. The molecule has 1 aliphatic heterocycles. The second-order valence-electron chi connectivity index (χ2n) is 6.72. The quantitative estimate of drug-likeness (QED) is 0.871. The fourth-order valence-electron chi connectivity index (χ4n) is 3.06. The van der Waals surface area contributed by atoms with Crippen molar-refractivity contribution in [2.45, 2.75) is 64.2 Å². The van der Waals surface area contributed by atoms with E-state index in [9.17, 15) is 0 Å². The second-order valence-corrected chi connectivity index (χ2v) is 8.04. The summed E-state index contributed by atoms with van der Waals surface area (Å²) in [6, 6.07) is 0.799. The van der Waals surface area contributed by atoms with E-state index in [1.54, 1.807) is 0 Å². The number of thioether (sulfide) groups is 1. The Balaban J connectivity index is 1.66. The van der Waals surface area contributed by atoms with Crippen LogP contribution in [0.4, 0.5) is 0 Å². The van der Waals surface area contributed by atoms with E-state index in [1.165, 1.54) is 48.4 Å². The maximum absolute atomic E-state index is 4.82. The molecular weight excluding hydrogens is 278 g/mol. The summed E-state index contributed by atoms with van der Waals surface area (Å²) in [5.41, 5.74) is 3.76. The number of nitrogens with zero attached hydrogens (tertiary/aromatic N) is 2. The molecule has 116 valence electrons. The molecule has 21 heavy (non-hydrogen) atoms. The van der Waals surface area contributed by atoms with Crippen molar-refractivity contribution in [1.82, 2.24) is 15.3 Å². The average Bonchev–Trinajstić information content (AvgIpc) is 3.12. The molecule has 1 saturated carbocycles. The van der Waals surface area contributed by atoms with E-state index in [4.69, 9.17) is 9.97 Å². The zero-order valence-corrected chi connectivity index (χ0v) is 14.3. The summed E-state index contributed by atoms with van der Waals surface area (Å²) in [6.07, 6.45) is 6.37. The molecule has 1 aliphatic carbocycles. The molecule has 3 nitrogen and oxygen atoms in total. The van der Waals surface area contributed by atoms with Gasteiger partial charge in [0.1, 0.15) is 5.82 Å². The Morgan fingerprint density at radius 1 is 1.19 bits per heavy atom. The third-order valence-corrected chi connectivity index (χ3v) is 5.91. The van der Waals surface area contributed by atoms with E-state index in [0.717, 1.165) is 24.8 Å². The number of aromatic nitrogens is 2. The van der Waals surface area contributed by atoms with Gasteiger partial charge in [-0.05, 0) is 69.7 Å². The molecule has 2 fully saturated rings. The van der Waals surface area contributed by atoms with Crippen molar-refractivity contribution in [2.24, 2.45) is 5.92 Å². The lowest BCUT2D eigenvalue weighted by atomic mass is 9.98. The van der Waals surface area contributed by atoms with Crippen molar-refractivity contribution in [2.75, 3.05) is 12.3 Å². The van der Waals surface area contributed by atoms with Crippen LogP contribution < -0.4 is 5.32 Å². The normalized spacial score (nSPS) is 23.5.